The molecular formula is C35H45BrN8O3P+. The molecule has 3 aliphatic rings. The van der Waals surface area contributed by atoms with Crippen molar-refractivity contribution >= 4 is 58.5 Å². The van der Waals surface area contributed by atoms with Gasteiger partial charge in [0.1, 0.15) is 18.2 Å². The van der Waals surface area contributed by atoms with Crippen LogP contribution in [0.3, 0.4) is 0 Å². The number of anilines is 6. The second-order valence-corrected chi connectivity index (χ2v) is 14.8. The number of hydrogen-bond donors (Lipinski definition) is 2. The summed E-state index contributed by atoms with van der Waals surface area (Å²) in [6.45, 7) is 10.4. The topological polar surface area (TPSA) is 101 Å². The highest BCUT2D eigenvalue weighted by Gasteiger charge is 2.28. The summed E-state index contributed by atoms with van der Waals surface area (Å²) < 4.78 is 20.2. The van der Waals surface area contributed by atoms with Crippen LogP contribution in [0.4, 0.5) is 34.5 Å². The Bertz CT molecular complexity index is 1690. The van der Waals surface area contributed by atoms with Gasteiger partial charge in [-0.05, 0) is 81.9 Å². The van der Waals surface area contributed by atoms with Crippen molar-refractivity contribution < 1.29 is 14.5 Å². The average molecular weight is 737 g/mol. The standard InChI is InChI=1S/C35H45BrN8O3P/c1-5-26-21-30(33(47-3)22-32(26)41-16-11-28(12-17-41)40-14-6-7-15-40)38-35-37-13-10-34(39-35)44(36)31-9-8-29(20-27(31)24-48(4)46)42-18-19-43(45)25(2)23-42/h8-10,13,18-23,28,45H,5-7,11-12,14-17,24H2,1-4H3,(H,37,38,39)/q+1. The minimum atomic E-state index is -1.46. The van der Waals surface area contributed by atoms with Gasteiger partial charge in [0.15, 0.2) is 6.16 Å². The molecule has 2 fully saturated rings. The van der Waals surface area contributed by atoms with E-state index in [1.54, 1.807) is 32.4 Å². The zero-order valence-electron chi connectivity index (χ0n) is 28.1. The summed E-state index contributed by atoms with van der Waals surface area (Å²) >= 11 is 3.73. The molecule has 13 heteroatoms. The number of ether oxygens (including phenoxy) is 1. The number of rotatable bonds is 11. The number of halogens is 1. The second-order valence-electron chi connectivity index (χ2n) is 12.6. The van der Waals surface area contributed by atoms with E-state index in [9.17, 15) is 9.77 Å². The van der Waals surface area contributed by atoms with Crippen molar-refractivity contribution in [2.45, 2.75) is 58.2 Å². The Hall–Kier alpha value is -3.70. The van der Waals surface area contributed by atoms with Crippen molar-refractivity contribution in [3.63, 3.8) is 0 Å². The van der Waals surface area contributed by atoms with Gasteiger partial charge >= 0.3 is 7.80 Å². The fraction of sp³-hybridized carbons (Fsp3) is 0.429. The van der Waals surface area contributed by atoms with Gasteiger partial charge in [-0.15, -0.1) is 0 Å². The lowest BCUT2D eigenvalue weighted by atomic mass is 10.0. The van der Waals surface area contributed by atoms with Crippen LogP contribution in [-0.2, 0) is 17.1 Å². The van der Waals surface area contributed by atoms with E-state index in [-0.39, 0.29) is 0 Å². The Kier molecular flexibility index (Phi) is 10.9. The molecule has 1 aromatic heterocycles. The van der Waals surface area contributed by atoms with E-state index in [4.69, 9.17) is 9.72 Å². The van der Waals surface area contributed by atoms with Gasteiger partial charge in [-0.25, -0.2) is 10.0 Å². The number of allylic oxidation sites excluding steroid dienone is 1. The molecule has 48 heavy (non-hydrogen) atoms. The molecule has 6 rings (SSSR count). The molecule has 1 atom stereocenters. The molecule has 3 aromatic rings. The molecule has 3 aliphatic heterocycles. The van der Waals surface area contributed by atoms with Crippen LogP contribution in [0, 0.1) is 0 Å². The first kappa shape index (κ1) is 34.2. The Balaban J connectivity index is 1.22. The normalized spacial score (nSPS) is 17.5. The molecule has 2 N–H and O–H groups in total. The minimum Gasteiger partial charge on any atom is -0.494 e. The number of nitrogens with zero attached hydrogens (tertiary/aromatic N) is 7. The average Bonchev–Trinajstić information content (AvgIpc) is 3.64. The molecule has 0 bridgehead atoms. The van der Waals surface area contributed by atoms with E-state index >= 15 is 0 Å². The van der Waals surface area contributed by atoms with Gasteiger partial charge < -0.3 is 24.8 Å². The molecule has 254 valence electrons. The predicted octanol–water partition coefficient (Wildman–Crippen LogP) is 8.10. The molecule has 0 aliphatic carbocycles. The zero-order chi connectivity index (χ0) is 33.8. The van der Waals surface area contributed by atoms with Crippen molar-refractivity contribution in [3.05, 3.63) is 78.0 Å². The summed E-state index contributed by atoms with van der Waals surface area (Å²) in [7, 11) is 0.244. The molecular weight excluding hydrogens is 691 g/mol. The maximum atomic E-state index is 12.5. The van der Waals surface area contributed by atoms with E-state index < -0.39 is 7.80 Å². The Morgan fingerprint density at radius 3 is 2.54 bits per heavy atom. The Morgan fingerprint density at radius 2 is 1.85 bits per heavy atom. The van der Waals surface area contributed by atoms with Crippen LogP contribution in [0.5, 0.6) is 5.75 Å². The second kappa shape index (κ2) is 15.2. The summed E-state index contributed by atoms with van der Waals surface area (Å²) in [6.07, 6.45) is 13.3. The Labute approximate surface area is 293 Å². The fourth-order valence-corrected chi connectivity index (χ4v) is 8.08. The summed E-state index contributed by atoms with van der Waals surface area (Å²) in [5.41, 5.74) is 6.60. The molecule has 0 spiro atoms. The molecule has 2 saturated heterocycles. The molecule has 0 amide bonds. The third-order valence-electron chi connectivity index (χ3n) is 9.35. The van der Waals surface area contributed by atoms with E-state index in [1.165, 1.54) is 50.0 Å². The number of hydroxylamine groups is 2. The van der Waals surface area contributed by atoms with Crippen molar-refractivity contribution in [2.24, 2.45) is 0 Å². The largest absolute Gasteiger partial charge is 0.494 e. The van der Waals surface area contributed by atoms with Gasteiger partial charge in [-0.2, -0.15) is 4.98 Å². The van der Waals surface area contributed by atoms with Gasteiger partial charge in [0.25, 0.3) is 0 Å². The van der Waals surface area contributed by atoms with Gasteiger partial charge in [-0.3, -0.25) is 9.13 Å². The molecule has 0 saturated carbocycles. The van der Waals surface area contributed by atoms with Crippen molar-refractivity contribution in [3.8, 4) is 5.75 Å². The van der Waals surface area contributed by atoms with Crippen LogP contribution >= 0.6 is 23.9 Å². The van der Waals surface area contributed by atoms with E-state index in [1.807, 2.05) is 46.2 Å². The molecule has 4 heterocycles. The summed E-state index contributed by atoms with van der Waals surface area (Å²) in [5, 5.41) is 14.4. The van der Waals surface area contributed by atoms with Crippen LogP contribution in [0.15, 0.2) is 66.9 Å². The molecule has 2 aromatic carbocycles. The lowest BCUT2D eigenvalue weighted by Crippen LogP contribution is -2.44. The van der Waals surface area contributed by atoms with Crippen LogP contribution in [0.1, 0.15) is 50.7 Å². The maximum absolute atomic E-state index is 12.5. The highest BCUT2D eigenvalue weighted by atomic mass is 79.9. The number of aromatic nitrogens is 2. The first-order valence-electron chi connectivity index (χ1n) is 16.6. The summed E-state index contributed by atoms with van der Waals surface area (Å²) in [5.74, 6) is 1.80. The van der Waals surface area contributed by atoms with Gasteiger partial charge in [0.05, 0.1) is 40.3 Å². The first-order chi connectivity index (χ1) is 23.2. The van der Waals surface area contributed by atoms with Gasteiger partial charge in [0, 0.05) is 73.0 Å². The third kappa shape index (κ3) is 7.62. The number of benzene rings is 2. The van der Waals surface area contributed by atoms with E-state index in [0.29, 0.717) is 29.7 Å². The molecule has 1 unspecified atom stereocenters. The summed E-state index contributed by atoms with van der Waals surface area (Å²) in [4.78, 5) is 16.5. The van der Waals surface area contributed by atoms with E-state index in [0.717, 1.165) is 52.9 Å². The number of methoxy groups -OCH3 is 1. The highest BCUT2D eigenvalue weighted by Crippen LogP contribution is 2.40. The monoisotopic (exact) mass is 735 g/mol. The predicted molar refractivity (Wildman–Crippen MR) is 197 cm³/mol. The van der Waals surface area contributed by atoms with Crippen LogP contribution in [0.25, 0.3) is 0 Å². The lowest BCUT2D eigenvalue weighted by Gasteiger charge is -2.38. The summed E-state index contributed by atoms with van der Waals surface area (Å²) in [6, 6.07) is 12.8. The SMILES string of the molecule is CCc1cc(Nc2nccc(N(Br)c3ccc(N4C=CN(O)C(C)=C4)cc3C[P+](C)=O)n2)c(OC)cc1N1CCC(N2CCCC2)CC1. The van der Waals surface area contributed by atoms with Crippen LogP contribution < -0.4 is 23.8 Å². The highest BCUT2D eigenvalue weighted by molar-refractivity contribution is 9.10. The Morgan fingerprint density at radius 1 is 1.08 bits per heavy atom. The van der Waals surface area contributed by atoms with Crippen molar-refractivity contribution in [1.82, 2.24) is 19.9 Å². The maximum Gasteiger partial charge on any atom is 0.340 e. The van der Waals surface area contributed by atoms with Gasteiger partial charge in [-0.1, -0.05) is 11.5 Å². The zero-order valence-corrected chi connectivity index (χ0v) is 30.6. The lowest BCUT2D eigenvalue weighted by molar-refractivity contribution is -0.00550. The van der Waals surface area contributed by atoms with Crippen LogP contribution in [-0.4, -0.2) is 71.1 Å². The fourth-order valence-electron chi connectivity index (χ4n) is 6.81. The van der Waals surface area contributed by atoms with Crippen molar-refractivity contribution in [1.29, 1.82) is 0 Å². The van der Waals surface area contributed by atoms with Crippen molar-refractivity contribution in [2.75, 3.05) is 59.0 Å². The molecule has 0 radical (unpaired) electrons. The number of aryl methyl sites for hydroxylation is 1. The molecule has 11 nitrogen and oxygen atoms in total. The third-order valence-corrected chi connectivity index (χ3v) is 10.9. The number of hydrogen-bond acceptors (Lipinski definition) is 11. The quantitative estimate of drug-likeness (QED) is 0.148. The number of nitrogens with one attached hydrogen (secondary N) is 1. The number of likely N-dealkylation sites (tertiary alicyclic amines) is 1. The van der Waals surface area contributed by atoms with Gasteiger partial charge in [0.2, 0.25) is 5.95 Å². The smallest absolute Gasteiger partial charge is 0.340 e. The number of piperidine rings is 1. The first-order valence-corrected chi connectivity index (χ1v) is 19.2. The van der Waals surface area contributed by atoms with E-state index in [2.05, 4.69) is 55.3 Å². The van der Waals surface area contributed by atoms with Crippen LogP contribution in [0.2, 0.25) is 0 Å². The minimum absolute atomic E-state index is 0.391.